The van der Waals surface area contributed by atoms with E-state index in [0.717, 1.165) is 4.90 Å². The molecule has 0 unspecified atom stereocenters. The van der Waals surface area contributed by atoms with Gasteiger partial charge in [0, 0.05) is 12.5 Å². The lowest BCUT2D eigenvalue weighted by atomic mass is 10.2. The first-order valence-corrected chi connectivity index (χ1v) is 4.95. The molecule has 0 radical (unpaired) electrons. The van der Waals surface area contributed by atoms with Gasteiger partial charge in [0.2, 0.25) is 11.8 Å². The van der Waals surface area contributed by atoms with Crippen molar-refractivity contribution in [3.63, 3.8) is 0 Å². The van der Waals surface area contributed by atoms with Gasteiger partial charge in [-0.3, -0.25) is 9.59 Å². The van der Waals surface area contributed by atoms with E-state index in [9.17, 15) is 14.7 Å². The topological polar surface area (TPSA) is 83.6 Å². The fourth-order valence-corrected chi connectivity index (χ4v) is 1.31. The van der Waals surface area contributed by atoms with Crippen molar-refractivity contribution in [2.45, 2.75) is 13.3 Å². The third-order valence-corrected chi connectivity index (χ3v) is 2.06. The lowest BCUT2D eigenvalue weighted by Gasteiger charge is -2.19. The van der Waals surface area contributed by atoms with Gasteiger partial charge in [0.05, 0.1) is 12.2 Å². The Balaban J connectivity index is 3.10. The molecule has 5 nitrogen and oxygen atoms in total. The minimum absolute atomic E-state index is 0.00350. The number of phenols is 1. The number of carbonyl (C=O) groups is 2. The summed E-state index contributed by atoms with van der Waals surface area (Å²) >= 11 is 0. The number of carbonyl (C=O) groups excluding carboxylic acids is 2. The van der Waals surface area contributed by atoms with Gasteiger partial charge in [-0.1, -0.05) is 13.0 Å². The monoisotopic (exact) mass is 222 g/mol. The number of phenolic OH excluding ortho intramolecular Hbond substituents is 1. The van der Waals surface area contributed by atoms with Crippen molar-refractivity contribution in [3.05, 3.63) is 24.3 Å². The van der Waals surface area contributed by atoms with Gasteiger partial charge < -0.3 is 10.8 Å². The van der Waals surface area contributed by atoms with Gasteiger partial charge in [-0.2, -0.15) is 0 Å². The van der Waals surface area contributed by atoms with Crippen LogP contribution < -0.4 is 10.6 Å². The maximum atomic E-state index is 11.6. The highest BCUT2D eigenvalue weighted by molar-refractivity contribution is 6.15. The quantitative estimate of drug-likeness (QED) is 0.785. The van der Waals surface area contributed by atoms with Crippen LogP contribution in [0.2, 0.25) is 0 Å². The van der Waals surface area contributed by atoms with Crippen LogP contribution in [0.1, 0.15) is 13.3 Å². The fourth-order valence-electron chi connectivity index (χ4n) is 1.31. The van der Waals surface area contributed by atoms with E-state index in [-0.39, 0.29) is 24.6 Å². The molecular formula is C11H14N2O3. The number of imide groups is 1. The number of hydrogen-bond donors (Lipinski definition) is 2. The van der Waals surface area contributed by atoms with Crippen molar-refractivity contribution >= 4 is 17.5 Å². The molecule has 5 heteroatoms. The molecule has 0 saturated heterocycles. The number of aromatic hydroxyl groups is 1. The number of hydrogen-bond acceptors (Lipinski definition) is 4. The predicted octanol–water partition coefficient (Wildman–Crippen LogP) is 0.620. The van der Waals surface area contributed by atoms with Crippen LogP contribution in [-0.4, -0.2) is 23.5 Å². The molecule has 0 aliphatic carbocycles. The van der Waals surface area contributed by atoms with Gasteiger partial charge in [0.1, 0.15) is 5.75 Å². The third-order valence-electron chi connectivity index (χ3n) is 2.06. The highest BCUT2D eigenvalue weighted by Crippen LogP contribution is 2.20. The van der Waals surface area contributed by atoms with Crippen LogP contribution in [0.4, 0.5) is 5.69 Å². The van der Waals surface area contributed by atoms with Crippen molar-refractivity contribution in [1.29, 1.82) is 0 Å². The summed E-state index contributed by atoms with van der Waals surface area (Å²) in [5.41, 5.74) is 5.57. The Bertz CT molecular complexity index is 388. The summed E-state index contributed by atoms with van der Waals surface area (Å²) < 4.78 is 0. The molecule has 0 aromatic heterocycles. The van der Waals surface area contributed by atoms with Crippen molar-refractivity contribution in [3.8, 4) is 5.75 Å². The molecule has 0 bridgehead atoms. The summed E-state index contributed by atoms with van der Waals surface area (Å²) in [5.74, 6) is -0.838. The van der Waals surface area contributed by atoms with Gasteiger partial charge in [-0.25, -0.2) is 4.90 Å². The standard InChI is InChI=1S/C11H14N2O3/c1-2-10(15)13(11(16)7-12)8-4-3-5-9(14)6-8/h3-6,14H,2,7,12H2,1H3. The molecular weight excluding hydrogens is 208 g/mol. The van der Waals surface area contributed by atoms with Crippen molar-refractivity contribution in [2.24, 2.45) is 5.73 Å². The molecule has 0 fully saturated rings. The molecule has 0 saturated carbocycles. The van der Waals surface area contributed by atoms with Crippen LogP contribution in [-0.2, 0) is 9.59 Å². The van der Waals surface area contributed by atoms with E-state index in [2.05, 4.69) is 0 Å². The zero-order valence-corrected chi connectivity index (χ0v) is 9.01. The molecule has 86 valence electrons. The number of rotatable bonds is 3. The normalized spacial score (nSPS) is 9.88. The number of nitrogens with zero attached hydrogens (tertiary/aromatic N) is 1. The molecule has 1 rings (SSSR count). The smallest absolute Gasteiger partial charge is 0.247 e. The summed E-state index contributed by atoms with van der Waals surface area (Å²) in [4.78, 5) is 24.1. The minimum atomic E-state index is -0.488. The van der Waals surface area contributed by atoms with E-state index >= 15 is 0 Å². The second kappa shape index (κ2) is 5.27. The average molecular weight is 222 g/mol. The van der Waals surface area contributed by atoms with E-state index in [1.54, 1.807) is 19.1 Å². The number of amides is 2. The minimum Gasteiger partial charge on any atom is -0.508 e. The summed E-state index contributed by atoms with van der Waals surface area (Å²) in [5, 5.41) is 9.29. The van der Waals surface area contributed by atoms with Crippen LogP contribution in [0.15, 0.2) is 24.3 Å². The van der Waals surface area contributed by atoms with E-state index in [4.69, 9.17) is 5.73 Å². The predicted molar refractivity (Wildman–Crippen MR) is 59.9 cm³/mol. The van der Waals surface area contributed by atoms with Crippen molar-refractivity contribution in [1.82, 2.24) is 0 Å². The Morgan fingerprint density at radius 2 is 2.06 bits per heavy atom. The molecule has 0 aliphatic heterocycles. The Hall–Kier alpha value is -1.88. The maximum Gasteiger partial charge on any atom is 0.247 e. The van der Waals surface area contributed by atoms with Crippen LogP contribution in [0, 0.1) is 0 Å². The van der Waals surface area contributed by atoms with E-state index in [1.807, 2.05) is 0 Å². The molecule has 0 aliphatic rings. The van der Waals surface area contributed by atoms with Crippen LogP contribution in [0.25, 0.3) is 0 Å². The van der Waals surface area contributed by atoms with Gasteiger partial charge in [0.25, 0.3) is 0 Å². The first-order valence-electron chi connectivity index (χ1n) is 4.95. The lowest BCUT2D eigenvalue weighted by molar-refractivity contribution is -0.125. The first-order chi connectivity index (χ1) is 7.60. The Kier molecular flexibility index (Phi) is 4.02. The number of nitrogens with two attached hydrogens (primary N) is 1. The van der Waals surface area contributed by atoms with Crippen LogP contribution in [0.5, 0.6) is 5.75 Å². The van der Waals surface area contributed by atoms with E-state index in [1.165, 1.54) is 12.1 Å². The maximum absolute atomic E-state index is 11.6. The molecule has 3 N–H and O–H groups in total. The Morgan fingerprint density at radius 3 is 2.56 bits per heavy atom. The zero-order chi connectivity index (χ0) is 12.1. The van der Waals surface area contributed by atoms with E-state index < -0.39 is 5.91 Å². The Morgan fingerprint density at radius 1 is 1.38 bits per heavy atom. The molecule has 16 heavy (non-hydrogen) atoms. The van der Waals surface area contributed by atoms with Gasteiger partial charge in [0.15, 0.2) is 0 Å². The van der Waals surface area contributed by atoms with Gasteiger partial charge >= 0.3 is 0 Å². The zero-order valence-electron chi connectivity index (χ0n) is 9.01. The second-order valence-corrected chi connectivity index (χ2v) is 3.20. The summed E-state index contributed by atoms with van der Waals surface area (Å²) in [6.45, 7) is 1.41. The highest BCUT2D eigenvalue weighted by atomic mass is 16.3. The van der Waals surface area contributed by atoms with Crippen molar-refractivity contribution < 1.29 is 14.7 Å². The highest BCUT2D eigenvalue weighted by Gasteiger charge is 2.20. The van der Waals surface area contributed by atoms with Gasteiger partial charge in [-0.15, -0.1) is 0 Å². The molecule has 2 amide bonds. The number of benzene rings is 1. The number of anilines is 1. The van der Waals surface area contributed by atoms with Crippen LogP contribution in [0.3, 0.4) is 0 Å². The third kappa shape index (κ3) is 2.58. The molecule has 1 aromatic rings. The van der Waals surface area contributed by atoms with Gasteiger partial charge in [-0.05, 0) is 12.1 Å². The fraction of sp³-hybridized carbons (Fsp3) is 0.273. The largest absolute Gasteiger partial charge is 0.508 e. The average Bonchev–Trinajstić information content (AvgIpc) is 2.29. The molecule has 0 spiro atoms. The molecule has 1 aromatic carbocycles. The summed E-state index contributed by atoms with van der Waals surface area (Å²) in [6, 6.07) is 5.94. The molecule has 0 atom stereocenters. The van der Waals surface area contributed by atoms with E-state index in [0.29, 0.717) is 5.69 Å². The second-order valence-electron chi connectivity index (χ2n) is 3.20. The lowest BCUT2D eigenvalue weighted by Crippen LogP contribution is -2.40. The van der Waals surface area contributed by atoms with Crippen LogP contribution >= 0.6 is 0 Å². The SMILES string of the molecule is CCC(=O)N(C(=O)CN)c1cccc(O)c1. The first kappa shape index (κ1) is 12.2. The summed E-state index contributed by atoms with van der Waals surface area (Å²) in [6.07, 6.45) is 0.196. The van der Waals surface area contributed by atoms with Crippen molar-refractivity contribution in [2.75, 3.05) is 11.4 Å². The Labute approximate surface area is 93.5 Å². The summed E-state index contributed by atoms with van der Waals surface area (Å²) in [7, 11) is 0. The molecule has 0 heterocycles.